The SMILES string of the molecule is CC1CCN(c2ccc(-c3cnc4c(-c5ccc([SH+](N)=O)c6ccccc56)cnn4c3)cn2)CC1. The van der Waals surface area contributed by atoms with Crippen molar-refractivity contribution < 1.29 is 4.21 Å². The number of benzene rings is 2. The fraction of sp³-hybridized carbons (Fsp3) is 0.222. The molecule has 35 heavy (non-hydrogen) atoms. The van der Waals surface area contributed by atoms with Gasteiger partial charge in [0.15, 0.2) is 21.5 Å². The lowest BCUT2D eigenvalue weighted by Crippen LogP contribution is -2.33. The van der Waals surface area contributed by atoms with Gasteiger partial charge in [0.1, 0.15) is 5.82 Å². The maximum atomic E-state index is 12.1. The third kappa shape index (κ3) is 3.98. The molecule has 0 saturated carbocycles. The Labute approximate surface area is 206 Å². The molecule has 1 saturated heterocycles. The molecule has 0 radical (unpaired) electrons. The van der Waals surface area contributed by atoms with Gasteiger partial charge in [-0.05, 0) is 60.0 Å². The minimum atomic E-state index is -1.93. The molecule has 7 nitrogen and oxygen atoms in total. The molecule has 8 heteroatoms. The number of pyridine rings is 1. The average molecular weight is 484 g/mol. The number of thiol groups is 1. The zero-order valence-electron chi connectivity index (χ0n) is 19.5. The highest BCUT2D eigenvalue weighted by Gasteiger charge is 2.18. The Kier molecular flexibility index (Phi) is 5.54. The molecule has 1 unspecified atom stereocenters. The van der Waals surface area contributed by atoms with Crippen LogP contribution in [0.2, 0.25) is 0 Å². The van der Waals surface area contributed by atoms with Gasteiger partial charge in [-0.2, -0.15) is 5.10 Å². The fourth-order valence-electron chi connectivity index (χ4n) is 4.91. The zero-order valence-corrected chi connectivity index (χ0v) is 20.4. The molecule has 4 heterocycles. The van der Waals surface area contributed by atoms with E-state index in [2.05, 4.69) is 29.1 Å². The van der Waals surface area contributed by atoms with E-state index in [0.29, 0.717) is 4.90 Å². The van der Waals surface area contributed by atoms with Crippen LogP contribution in [0.3, 0.4) is 0 Å². The Morgan fingerprint density at radius 1 is 0.886 bits per heavy atom. The summed E-state index contributed by atoms with van der Waals surface area (Å²) in [5.41, 5.74) is 4.62. The summed E-state index contributed by atoms with van der Waals surface area (Å²) in [6, 6.07) is 15.9. The van der Waals surface area contributed by atoms with Crippen LogP contribution in [0, 0.1) is 5.92 Å². The predicted molar refractivity (Wildman–Crippen MR) is 142 cm³/mol. The van der Waals surface area contributed by atoms with Crippen molar-refractivity contribution in [2.24, 2.45) is 11.1 Å². The van der Waals surface area contributed by atoms with Crippen LogP contribution in [-0.4, -0.2) is 32.7 Å². The van der Waals surface area contributed by atoms with Gasteiger partial charge in [-0.15, -0.1) is 5.14 Å². The van der Waals surface area contributed by atoms with Crippen LogP contribution < -0.4 is 10.0 Å². The monoisotopic (exact) mass is 483 g/mol. The summed E-state index contributed by atoms with van der Waals surface area (Å²) in [5, 5.41) is 12.2. The van der Waals surface area contributed by atoms with E-state index >= 15 is 0 Å². The first-order chi connectivity index (χ1) is 17.1. The van der Waals surface area contributed by atoms with Crippen LogP contribution >= 0.6 is 0 Å². The molecule has 5 aromatic rings. The Morgan fingerprint density at radius 3 is 2.40 bits per heavy atom. The van der Waals surface area contributed by atoms with Crippen molar-refractivity contribution in [3.63, 3.8) is 0 Å². The molecule has 1 atom stereocenters. The average Bonchev–Trinajstić information content (AvgIpc) is 3.31. The van der Waals surface area contributed by atoms with Crippen molar-refractivity contribution in [3.8, 4) is 22.3 Å². The number of fused-ring (bicyclic) bond motifs is 2. The molecule has 1 fully saturated rings. The summed E-state index contributed by atoms with van der Waals surface area (Å²) in [5.74, 6) is 1.83. The Morgan fingerprint density at radius 2 is 1.66 bits per heavy atom. The minimum Gasteiger partial charge on any atom is -0.357 e. The summed E-state index contributed by atoms with van der Waals surface area (Å²) in [6.45, 7) is 4.45. The van der Waals surface area contributed by atoms with Crippen molar-refractivity contribution >= 4 is 33.2 Å². The maximum Gasteiger partial charge on any atom is 0.182 e. The van der Waals surface area contributed by atoms with Crippen LogP contribution in [0.25, 0.3) is 38.7 Å². The normalized spacial score (nSPS) is 15.7. The molecule has 1 aliphatic heterocycles. The molecule has 0 amide bonds. The van der Waals surface area contributed by atoms with Crippen LogP contribution in [0.5, 0.6) is 0 Å². The van der Waals surface area contributed by atoms with E-state index in [4.69, 9.17) is 15.1 Å². The van der Waals surface area contributed by atoms with Gasteiger partial charge in [0.2, 0.25) is 0 Å². The third-order valence-corrected chi connectivity index (χ3v) is 7.84. The number of anilines is 1. The molecule has 2 N–H and O–H groups in total. The minimum absolute atomic E-state index is 0.654. The molecule has 3 aromatic heterocycles. The lowest BCUT2D eigenvalue weighted by Gasteiger charge is -2.31. The van der Waals surface area contributed by atoms with Gasteiger partial charge in [-0.25, -0.2) is 14.5 Å². The van der Waals surface area contributed by atoms with Crippen molar-refractivity contribution in [2.45, 2.75) is 24.7 Å². The number of aromatic nitrogens is 4. The Balaban J connectivity index is 1.34. The number of nitrogens with zero attached hydrogens (tertiary/aromatic N) is 5. The highest BCUT2D eigenvalue weighted by Crippen LogP contribution is 2.34. The molecule has 176 valence electrons. The van der Waals surface area contributed by atoms with Gasteiger partial charge in [0, 0.05) is 53.8 Å². The highest BCUT2D eigenvalue weighted by molar-refractivity contribution is 7.82. The number of piperidine rings is 1. The quantitative estimate of drug-likeness (QED) is 0.294. The summed E-state index contributed by atoms with van der Waals surface area (Å²) in [6.07, 6.45) is 10.0. The van der Waals surface area contributed by atoms with E-state index in [0.717, 1.165) is 63.5 Å². The first-order valence-corrected chi connectivity index (χ1v) is 13.2. The molecule has 6 rings (SSSR count). The van der Waals surface area contributed by atoms with Crippen molar-refractivity contribution in [2.75, 3.05) is 18.0 Å². The molecule has 0 bridgehead atoms. The topological polar surface area (TPSA) is 89.4 Å². The van der Waals surface area contributed by atoms with Crippen molar-refractivity contribution in [1.82, 2.24) is 19.6 Å². The smallest absolute Gasteiger partial charge is 0.182 e. The fourth-order valence-corrected chi connectivity index (χ4v) is 5.56. The first kappa shape index (κ1) is 21.9. The van der Waals surface area contributed by atoms with Gasteiger partial charge in [-0.1, -0.05) is 29.3 Å². The van der Waals surface area contributed by atoms with Crippen molar-refractivity contribution in [3.05, 3.63) is 73.3 Å². The molecular weight excluding hydrogens is 456 g/mol. The first-order valence-electron chi connectivity index (χ1n) is 11.9. The Hall–Kier alpha value is -3.62. The van der Waals surface area contributed by atoms with E-state index in [1.54, 1.807) is 4.52 Å². The standard InChI is InChI=1S/C27H26N6OS/c1-18-10-12-32(13-11-18)26-9-6-19(14-29-26)20-15-30-27-24(16-31-33(27)17-20)22-7-8-25(35(28)34)23-5-3-2-4-21(22)23/h2-9,14-18H,10-13H2,1H3,(H2,28,34)/p+1. The number of hydrogen-bond donors (Lipinski definition) is 1. The zero-order chi connectivity index (χ0) is 23.9. The molecule has 0 spiro atoms. The van der Waals surface area contributed by atoms with Gasteiger partial charge < -0.3 is 4.90 Å². The van der Waals surface area contributed by atoms with Crippen LogP contribution in [0.4, 0.5) is 5.82 Å². The van der Waals surface area contributed by atoms with Gasteiger partial charge >= 0.3 is 0 Å². The van der Waals surface area contributed by atoms with E-state index in [1.165, 1.54) is 12.8 Å². The number of rotatable bonds is 4. The summed E-state index contributed by atoms with van der Waals surface area (Å²) < 4.78 is 13.9. The second-order valence-electron chi connectivity index (χ2n) is 9.25. The molecule has 1 aliphatic rings. The van der Waals surface area contributed by atoms with E-state index in [-0.39, 0.29) is 0 Å². The van der Waals surface area contributed by atoms with Gasteiger partial charge in [0.25, 0.3) is 0 Å². The van der Waals surface area contributed by atoms with E-state index in [9.17, 15) is 4.21 Å². The molecule has 2 aromatic carbocycles. The third-order valence-electron chi connectivity index (χ3n) is 6.97. The van der Waals surface area contributed by atoms with Crippen LogP contribution in [0.15, 0.2) is 78.2 Å². The number of hydrogen-bond acceptors (Lipinski definition) is 5. The number of nitrogens with two attached hydrogens (primary N) is 1. The predicted octanol–water partition coefficient (Wildman–Crippen LogP) is 4.78. The van der Waals surface area contributed by atoms with Crippen LogP contribution in [-0.2, 0) is 15.2 Å². The van der Waals surface area contributed by atoms with E-state index < -0.39 is 11.0 Å². The lowest BCUT2D eigenvalue weighted by atomic mass is 9.99. The van der Waals surface area contributed by atoms with Gasteiger partial charge in [-0.3, -0.25) is 0 Å². The summed E-state index contributed by atoms with van der Waals surface area (Å²) in [7, 11) is -1.93. The second kappa shape index (κ2) is 8.87. The van der Waals surface area contributed by atoms with Crippen molar-refractivity contribution in [1.29, 1.82) is 0 Å². The molecular formula is C27H27N6OS+. The molecule has 0 aliphatic carbocycles. The van der Waals surface area contributed by atoms with Gasteiger partial charge in [0.05, 0.1) is 6.20 Å². The highest BCUT2D eigenvalue weighted by atomic mass is 32.2. The summed E-state index contributed by atoms with van der Waals surface area (Å²) in [4.78, 5) is 12.5. The maximum absolute atomic E-state index is 12.1. The van der Waals surface area contributed by atoms with E-state index in [1.807, 2.05) is 61.2 Å². The lowest BCUT2D eigenvalue weighted by molar-refractivity contribution is 0.436. The Bertz CT molecular complexity index is 1550. The summed E-state index contributed by atoms with van der Waals surface area (Å²) >= 11 is 0. The largest absolute Gasteiger partial charge is 0.357 e. The van der Waals surface area contributed by atoms with Crippen LogP contribution in [0.1, 0.15) is 19.8 Å². The second-order valence-corrected chi connectivity index (χ2v) is 10.4.